The number of nitro groups is 1. The predicted octanol–water partition coefficient (Wildman–Crippen LogP) is 3.78. The minimum absolute atomic E-state index is 0.000850. The fraction of sp³-hybridized carbons (Fsp3) is 0.200. The van der Waals surface area contributed by atoms with Crippen LogP contribution in [0.3, 0.4) is 0 Å². The number of non-ortho nitro benzene ring substituents is 1. The van der Waals surface area contributed by atoms with Crippen molar-refractivity contribution in [1.82, 2.24) is 9.78 Å². The van der Waals surface area contributed by atoms with Crippen molar-refractivity contribution >= 4 is 28.7 Å². The maximum absolute atomic E-state index is 12.6. The minimum atomic E-state index is -0.509. The number of nitrogens with zero attached hydrogens (tertiary/aromatic N) is 4. The van der Waals surface area contributed by atoms with Crippen LogP contribution in [-0.2, 0) is 6.54 Å². The topological polar surface area (TPSA) is 93.3 Å². The van der Waals surface area contributed by atoms with Crippen LogP contribution in [0.4, 0.5) is 17.1 Å². The predicted molar refractivity (Wildman–Crippen MR) is 114 cm³/mol. The third-order valence-corrected chi connectivity index (χ3v) is 4.90. The summed E-state index contributed by atoms with van der Waals surface area (Å²) in [5.74, 6) is 0. The highest BCUT2D eigenvalue weighted by molar-refractivity contribution is 6.32. The Labute approximate surface area is 172 Å². The molecule has 0 saturated heterocycles. The molecule has 0 amide bonds. The first-order chi connectivity index (χ1) is 13.8. The standard InChI is InChI=1S/C20H20ClN5O3/c1-13-10-17(24(2)3)5-4-14(13)11-22-18-12-23-25(20(27)19(18)21)15-6-8-16(9-7-15)26(28)29/h4-10,12,22H,11H2,1-3H3. The average molecular weight is 414 g/mol. The zero-order valence-corrected chi connectivity index (χ0v) is 17.0. The summed E-state index contributed by atoms with van der Waals surface area (Å²) < 4.78 is 1.11. The summed E-state index contributed by atoms with van der Waals surface area (Å²) in [4.78, 5) is 24.9. The maximum Gasteiger partial charge on any atom is 0.292 e. The molecule has 8 nitrogen and oxygen atoms in total. The van der Waals surface area contributed by atoms with Crippen LogP contribution in [0, 0.1) is 17.0 Å². The fourth-order valence-corrected chi connectivity index (χ4v) is 3.00. The molecule has 0 saturated carbocycles. The van der Waals surface area contributed by atoms with Crippen LogP contribution >= 0.6 is 11.6 Å². The smallest absolute Gasteiger partial charge is 0.292 e. The quantitative estimate of drug-likeness (QED) is 0.488. The van der Waals surface area contributed by atoms with Crippen molar-refractivity contribution in [3.8, 4) is 5.69 Å². The number of rotatable bonds is 6. The third kappa shape index (κ3) is 4.38. The van der Waals surface area contributed by atoms with Gasteiger partial charge in [0.2, 0.25) is 0 Å². The summed E-state index contributed by atoms with van der Waals surface area (Å²) in [6.45, 7) is 2.51. The second-order valence-corrected chi connectivity index (χ2v) is 7.10. The van der Waals surface area contributed by atoms with E-state index in [1.165, 1.54) is 30.5 Å². The van der Waals surface area contributed by atoms with Gasteiger partial charge in [-0.05, 0) is 42.3 Å². The molecule has 0 fully saturated rings. The SMILES string of the molecule is Cc1cc(N(C)C)ccc1CNc1cnn(-c2ccc([N+](=O)[O-])cc2)c(=O)c1Cl. The number of nitro benzene ring substituents is 1. The van der Waals surface area contributed by atoms with Gasteiger partial charge in [-0.3, -0.25) is 14.9 Å². The number of aryl methyl sites for hydroxylation is 1. The Bertz CT molecular complexity index is 1110. The van der Waals surface area contributed by atoms with Gasteiger partial charge in [-0.2, -0.15) is 9.78 Å². The molecule has 0 unspecified atom stereocenters. The van der Waals surface area contributed by atoms with Crippen LogP contribution < -0.4 is 15.8 Å². The first-order valence-corrected chi connectivity index (χ1v) is 9.19. The zero-order chi connectivity index (χ0) is 21.1. The lowest BCUT2D eigenvalue weighted by Crippen LogP contribution is -2.22. The first-order valence-electron chi connectivity index (χ1n) is 8.81. The Kier molecular flexibility index (Phi) is 5.84. The van der Waals surface area contributed by atoms with Gasteiger partial charge in [0, 0.05) is 38.5 Å². The normalized spacial score (nSPS) is 10.6. The molecule has 29 heavy (non-hydrogen) atoms. The van der Waals surface area contributed by atoms with Crippen molar-refractivity contribution < 1.29 is 4.92 Å². The van der Waals surface area contributed by atoms with Crippen LogP contribution in [0.2, 0.25) is 5.02 Å². The highest BCUT2D eigenvalue weighted by Crippen LogP contribution is 2.21. The first kappa shape index (κ1) is 20.3. The lowest BCUT2D eigenvalue weighted by Gasteiger charge is -2.16. The summed E-state index contributed by atoms with van der Waals surface area (Å²) in [5.41, 5.74) is 3.54. The van der Waals surface area contributed by atoms with Crippen LogP contribution in [0.25, 0.3) is 5.69 Å². The van der Waals surface area contributed by atoms with E-state index in [0.717, 1.165) is 21.5 Å². The molecule has 0 aliphatic heterocycles. The lowest BCUT2D eigenvalue weighted by atomic mass is 10.1. The number of hydrogen-bond donors (Lipinski definition) is 1. The van der Waals surface area contributed by atoms with Gasteiger partial charge >= 0.3 is 0 Å². The highest BCUT2D eigenvalue weighted by atomic mass is 35.5. The second kappa shape index (κ2) is 8.32. The van der Waals surface area contributed by atoms with E-state index in [9.17, 15) is 14.9 Å². The van der Waals surface area contributed by atoms with Crippen molar-refractivity contribution in [2.45, 2.75) is 13.5 Å². The Balaban J connectivity index is 1.81. The lowest BCUT2D eigenvalue weighted by molar-refractivity contribution is -0.384. The Morgan fingerprint density at radius 1 is 1.21 bits per heavy atom. The third-order valence-electron chi connectivity index (χ3n) is 4.54. The summed E-state index contributed by atoms with van der Waals surface area (Å²) >= 11 is 6.25. The van der Waals surface area contributed by atoms with Crippen LogP contribution in [0.1, 0.15) is 11.1 Å². The molecule has 0 spiro atoms. The summed E-state index contributed by atoms with van der Waals surface area (Å²) in [7, 11) is 3.97. The van der Waals surface area contributed by atoms with E-state index < -0.39 is 10.5 Å². The second-order valence-electron chi connectivity index (χ2n) is 6.72. The van der Waals surface area contributed by atoms with Crippen LogP contribution in [0.15, 0.2) is 53.5 Å². The van der Waals surface area contributed by atoms with E-state index >= 15 is 0 Å². The van der Waals surface area contributed by atoms with Gasteiger partial charge in [-0.25, -0.2) is 0 Å². The monoisotopic (exact) mass is 413 g/mol. The summed E-state index contributed by atoms with van der Waals surface area (Å²) in [5, 5.41) is 18.1. The van der Waals surface area contributed by atoms with E-state index in [0.29, 0.717) is 17.9 Å². The van der Waals surface area contributed by atoms with E-state index in [2.05, 4.69) is 16.5 Å². The molecule has 1 heterocycles. The molecule has 0 radical (unpaired) electrons. The molecule has 1 N–H and O–H groups in total. The molecule has 2 aromatic carbocycles. The molecule has 0 aliphatic rings. The molecule has 0 aliphatic carbocycles. The van der Waals surface area contributed by atoms with E-state index in [1.807, 2.05) is 38.1 Å². The number of halogens is 1. The van der Waals surface area contributed by atoms with Gasteiger partial charge in [-0.1, -0.05) is 17.7 Å². The molecule has 0 bridgehead atoms. The Morgan fingerprint density at radius 3 is 2.48 bits per heavy atom. The van der Waals surface area contributed by atoms with E-state index in [1.54, 1.807) is 0 Å². The van der Waals surface area contributed by atoms with Gasteiger partial charge in [0.15, 0.2) is 0 Å². The molecule has 150 valence electrons. The highest BCUT2D eigenvalue weighted by Gasteiger charge is 2.12. The molecule has 3 aromatic rings. The van der Waals surface area contributed by atoms with Crippen molar-refractivity contribution in [3.05, 3.63) is 85.3 Å². The Hall–Kier alpha value is -3.39. The van der Waals surface area contributed by atoms with Crippen molar-refractivity contribution in [2.75, 3.05) is 24.3 Å². The van der Waals surface area contributed by atoms with E-state index in [-0.39, 0.29) is 10.7 Å². The van der Waals surface area contributed by atoms with Crippen LogP contribution in [0.5, 0.6) is 0 Å². The number of aromatic nitrogens is 2. The number of benzene rings is 2. The number of hydrogen-bond acceptors (Lipinski definition) is 6. The van der Waals surface area contributed by atoms with Gasteiger partial charge < -0.3 is 10.2 Å². The maximum atomic E-state index is 12.6. The number of anilines is 2. The van der Waals surface area contributed by atoms with Crippen molar-refractivity contribution in [1.29, 1.82) is 0 Å². The fourth-order valence-electron chi connectivity index (χ4n) is 2.80. The molecular weight excluding hydrogens is 394 g/mol. The van der Waals surface area contributed by atoms with Gasteiger partial charge in [-0.15, -0.1) is 0 Å². The van der Waals surface area contributed by atoms with Crippen molar-refractivity contribution in [3.63, 3.8) is 0 Å². The molecule has 1 aromatic heterocycles. The molecule has 0 atom stereocenters. The Morgan fingerprint density at radius 2 is 1.90 bits per heavy atom. The van der Waals surface area contributed by atoms with Crippen molar-refractivity contribution in [2.24, 2.45) is 0 Å². The van der Waals surface area contributed by atoms with Crippen LogP contribution in [-0.4, -0.2) is 28.8 Å². The number of nitrogens with one attached hydrogen (secondary N) is 1. The molecular formula is C20H20ClN5O3. The average Bonchev–Trinajstić information content (AvgIpc) is 2.70. The summed E-state index contributed by atoms with van der Waals surface area (Å²) in [6.07, 6.45) is 1.47. The van der Waals surface area contributed by atoms with E-state index in [4.69, 9.17) is 11.6 Å². The van der Waals surface area contributed by atoms with Gasteiger partial charge in [0.05, 0.1) is 22.5 Å². The molecule has 3 rings (SSSR count). The van der Waals surface area contributed by atoms with Gasteiger partial charge in [0.25, 0.3) is 11.2 Å². The summed E-state index contributed by atoms with van der Waals surface area (Å²) in [6, 6.07) is 11.7. The minimum Gasteiger partial charge on any atom is -0.378 e. The van der Waals surface area contributed by atoms with Gasteiger partial charge in [0.1, 0.15) is 5.02 Å². The molecule has 9 heteroatoms. The largest absolute Gasteiger partial charge is 0.378 e. The zero-order valence-electron chi connectivity index (χ0n) is 16.2.